The number of ether oxygens (including phenoxy) is 4. The zero-order valence-corrected chi connectivity index (χ0v) is 15.6. The molecular formula is C18H26O11. The molecule has 0 bridgehead atoms. The first-order valence-electron chi connectivity index (χ1n) is 9.11. The van der Waals surface area contributed by atoms with E-state index in [0.717, 1.165) is 0 Å². The van der Waals surface area contributed by atoms with Crippen LogP contribution in [0.15, 0.2) is 18.2 Å². The van der Waals surface area contributed by atoms with Crippen LogP contribution in [0.5, 0.6) is 11.5 Å². The van der Waals surface area contributed by atoms with Crippen LogP contribution in [0.25, 0.3) is 0 Å². The number of aliphatic hydroxyl groups excluding tert-OH is 6. The Balaban J connectivity index is 1.64. The van der Waals surface area contributed by atoms with E-state index in [1.54, 1.807) is 13.0 Å². The van der Waals surface area contributed by atoms with Crippen molar-refractivity contribution in [1.29, 1.82) is 0 Å². The van der Waals surface area contributed by atoms with Gasteiger partial charge in [0.25, 0.3) is 0 Å². The van der Waals surface area contributed by atoms with E-state index in [2.05, 4.69) is 0 Å². The van der Waals surface area contributed by atoms with Gasteiger partial charge in [0.15, 0.2) is 6.29 Å². The number of phenolic OH excluding ortho intramolecular Hbond substituents is 1. The largest absolute Gasteiger partial charge is 0.508 e. The van der Waals surface area contributed by atoms with E-state index in [1.165, 1.54) is 12.1 Å². The third-order valence-electron chi connectivity index (χ3n) is 4.84. The molecule has 11 heteroatoms. The van der Waals surface area contributed by atoms with Crippen molar-refractivity contribution < 1.29 is 54.7 Å². The highest BCUT2D eigenvalue weighted by molar-refractivity contribution is 5.37. The summed E-state index contributed by atoms with van der Waals surface area (Å²) >= 11 is 0. The van der Waals surface area contributed by atoms with Crippen LogP contribution in [0.3, 0.4) is 0 Å². The molecule has 7 N–H and O–H groups in total. The van der Waals surface area contributed by atoms with Crippen LogP contribution in [0.2, 0.25) is 0 Å². The molecule has 0 amide bonds. The first-order valence-corrected chi connectivity index (χ1v) is 9.11. The Kier molecular flexibility index (Phi) is 6.94. The maximum Gasteiger partial charge on any atom is 0.229 e. The van der Waals surface area contributed by atoms with Gasteiger partial charge < -0.3 is 54.7 Å². The molecule has 0 aliphatic carbocycles. The number of aromatic hydroxyl groups is 1. The zero-order chi connectivity index (χ0) is 21.3. The maximum atomic E-state index is 10.2. The predicted octanol–water partition coefficient (Wildman–Crippen LogP) is -2.66. The molecule has 0 aromatic heterocycles. The van der Waals surface area contributed by atoms with E-state index < -0.39 is 55.3 Å². The second-order valence-electron chi connectivity index (χ2n) is 7.22. The highest BCUT2D eigenvalue weighted by Gasteiger charge is 2.46. The second kappa shape index (κ2) is 9.08. The Morgan fingerprint density at radius 1 is 0.897 bits per heavy atom. The van der Waals surface area contributed by atoms with Gasteiger partial charge in [0.1, 0.15) is 54.2 Å². The summed E-state index contributed by atoms with van der Waals surface area (Å²) in [5.41, 5.74) is 0.690. The average Bonchev–Trinajstić information content (AvgIpc) is 2.66. The van der Waals surface area contributed by atoms with Gasteiger partial charge >= 0.3 is 0 Å². The number of hydrogen-bond donors (Lipinski definition) is 7. The zero-order valence-electron chi connectivity index (χ0n) is 15.6. The molecule has 2 aliphatic rings. The highest BCUT2D eigenvalue weighted by Crippen LogP contribution is 2.28. The molecule has 29 heavy (non-hydrogen) atoms. The van der Waals surface area contributed by atoms with Crippen LogP contribution in [-0.2, 0) is 14.2 Å². The van der Waals surface area contributed by atoms with Crippen LogP contribution in [-0.4, -0.2) is 104 Å². The molecular weight excluding hydrogens is 392 g/mol. The van der Waals surface area contributed by atoms with Crippen molar-refractivity contribution in [3.05, 3.63) is 23.8 Å². The van der Waals surface area contributed by atoms with E-state index in [0.29, 0.717) is 5.56 Å². The van der Waals surface area contributed by atoms with Gasteiger partial charge in [0.2, 0.25) is 6.29 Å². The number of aryl methyl sites for hydroxylation is 1. The molecule has 2 fully saturated rings. The van der Waals surface area contributed by atoms with Gasteiger partial charge in [0.05, 0.1) is 13.2 Å². The average molecular weight is 418 g/mol. The molecule has 0 radical (unpaired) electrons. The lowest BCUT2D eigenvalue weighted by Gasteiger charge is -2.41. The van der Waals surface area contributed by atoms with Gasteiger partial charge in [0, 0.05) is 6.07 Å². The number of rotatable bonds is 5. The minimum Gasteiger partial charge on any atom is -0.508 e. The van der Waals surface area contributed by atoms with Crippen LogP contribution in [0.1, 0.15) is 5.56 Å². The summed E-state index contributed by atoms with van der Waals surface area (Å²) in [7, 11) is 0. The molecule has 2 aliphatic heterocycles. The Morgan fingerprint density at radius 3 is 2.28 bits per heavy atom. The van der Waals surface area contributed by atoms with Gasteiger partial charge in [-0.1, -0.05) is 0 Å². The van der Waals surface area contributed by atoms with Crippen molar-refractivity contribution in [2.24, 2.45) is 0 Å². The Bertz CT molecular complexity index is 666. The molecule has 9 atom stereocenters. The van der Waals surface area contributed by atoms with Gasteiger partial charge in [-0.2, -0.15) is 0 Å². The first-order chi connectivity index (χ1) is 13.7. The SMILES string of the molecule is Cc1cc(O)cc(O[C@@H]2O[C@H](CO[C@@H]3OC[C@@H](O)[C@H](O)[C@H]3O)[C@@H](O)[C@H](O)[C@H]2O)c1. The maximum absolute atomic E-state index is 10.2. The van der Waals surface area contributed by atoms with E-state index in [4.69, 9.17) is 18.9 Å². The lowest BCUT2D eigenvalue weighted by molar-refractivity contribution is -0.307. The van der Waals surface area contributed by atoms with Crippen molar-refractivity contribution in [2.75, 3.05) is 13.2 Å². The second-order valence-corrected chi connectivity index (χ2v) is 7.22. The molecule has 0 unspecified atom stereocenters. The summed E-state index contributed by atoms with van der Waals surface area (Å²) in [6, 6.07) is 4.38. The predicted molar refractivity (Wildman–Crippen MR) is 93.9 cm³/mol. The van der Waals surface area contributed by atoms with E-state index in [9.17, 15) is 35.7 Å². The number of phenols is 1. The number of benzene rings is 1. The Labute approximate surface area is 166 Å². The van der Waals surface area contributed by atoms with Crippen molar-refractivity contribution in [3.63, 3.8) is 0 Å². The molecule has 2 saturated heterocycles. The summed E-state index contributed by atoms with van der Waals surface area (Å²) in [6.07, 6.45) is -12.8. The minimum atomic E-state index is -1.62. The molecule has 1 aromatic rings. The van der Waals surface area contributed by atoms with Crippen LogP contribution in [0.4, 0.5) is 0 Å². The lowest BCUT2D eigenvalue weighted by atomic mass is 9.99. The summed E-state index contributed by atoms with van der Waals surface area (Å²) in [6.45, 7) is 1.08. The number of aliphatic hydroxyl groups is 6. The molecule has 2 heterocycles. The molecule has 3 rings (SSSR count). The summed E-state index contributed by atoms with van der Waals surface area (Å²) in [4.78, 5) is 0. The normalized spacial score (nSPS) is 40.6. The quantitative estimate of drug-likeness (QED) is 0.265. The third-order valence-corrected chi connectivity index (χ3v) is 4.84. The van der Waals surface area contributed by atoms with Gasteiger partial charge in [-0.25, -0.2) is 0 Å². The lowest BCUT2D eigenvalue weighted by Crippen LogP contribution is -2.61. The van der Waals surface area contributed by atoms with Gasteiger partial charge in [-0.05, 0) is 24.6 Å². The molecule has 1 aromatic carbocycles. The summed E-state index contributed by atoms with van der Waals surface area (Å²) < 4.78 is 21.4. The summed E-state index contributed by atoms with van der Waals surface area (Å²) in [5.74, 6) is 0.118. The molecule has 0 spiro atoms. The fraction of sp³-hybridized carbons (Fsp3) is 0.667. The van der Waals surface area contributed by atoms with E-state index in [1.807, 2.05) is 0 Å². The molecule has 164 valence electrons. The summed E-state index contributed by atoms with van der Waals surface area (Å²) in [5, 5.41) is 69.1. The highest BCUT2D eigenvalue weighted by atomic mass is 16.7. The van der Waals surface area contributed by atoms with Crippen molar-refractivity contribution in [2.45, 2.75) is 62.2 Å². The fourth-order valence-corrected chi connectivity index (χ4v) is 3.20. The Hall–Kier alpha value is -1.54. The minimum absolute atomic E-state index is 0.0602. The topological polar surface area (TPSA) is 179 Å². The van der Waals surface area contributed by atoms with E-state index in [-0.39, 0.29) is 24.7 Å². The van der Waals surface area contributed by atoms with Gasteiger partial charge in [-0.15, -0.1) is 0 Å². The monoisotopic (exact) mass is 418 g/mol. The first kappa shape index (κ1) is 22.2. The van der Waals surface area contributed by atoms with Crippen LogP contribution < -0.4 is 4.74 Å². The van der Waals surface area contributed by atoms with Crippen molar-refractivity contribution >= 4 is 0 Å². The van der Waals surface area contributed by atoms with Crippen molar-refractivity contribution in [1.82, 2.24) is 0 Å². The molecule has 11 nitrogen and oxygen atoms in total. The standard InChI is InChI=1S/C18H26O11/c1-7-2-8(19)4-9(3-7)28-18-16(25)14(23)13(22)11(29-18)6-27-17-15(24)12(21)10(20)5-26-17/h2-4,10-25H,5-6H2,1H3/t10-,11-,12+,13-,14+,15-,16-,17+,18-/m1/s1. The smallest absolute Gasteiger partial charge is 0.229 e. The molecule has 0 saturated carbocycles. The Morgan fingerprint density at radius 2 is 1.59 bits per heavy atom. The number of hydrogen-bond acceptors (Lipinski definition) is 11. The van der Waals surface area contributed by atoms with Crippen molar-refractivity contribution in [3.8, 4) is 11.5 Å². The van der Waals surface area contributed by atoms with Gasteiger partial charge in [-0.3, -0.25) is 0 Å². The van der Waals surface area contributed by atoms with Crippen LogP contribution in [0, 0.1) is 6.92 Å². The third kappa shape index (κ3) is 4.97. The fourth-order valence-electron chi connectivity index (χ4n) is 3.20. The van der Waals surface area contributed by atoms with E-state index >= 15 is 0 Å². The van der Waals surface area contributed by atoms with Crippen LogP contribution >= 0.6 is 0 Å².